The Hall–Kier alpha value is -3.59. The van der Waals surface area contributed by atoms with Crippen molar-refractivity contribution in [3.05, 3.63) is 60.8 Å². The molecule has 9 nitrogen and oxygen atoms in total. The quantitative estimate of drug-likeness (QED) is 0.442. The maximum Gasteiger partial charge on any atom is 0.211 e. The van der Waals surface area contributed by atoms with Crippen molar-refractivity contribution >= 4 is 28.7 Å². The van der Waals surface area contributed by atoms with E-state index in [-0.39, 0.29) is 6.04 Å². The molecular formula is C24H29N9. The summed E-state index contributed by atoms with van der Waals surface area (Å²) >= 11 is 0. The van der Waals surface area contributed by atoms with Crippen LogP contribution in [0.5, 0.6) is 0 Å². The SMILES string of the molecule is CC(C)n1c(Nc2cnccn2)nc2c(NC3CCN(Cc4ccccc4)CC3)ncnc21. The first-order chi connectivity index (χ1) is 16.2. The number of nitrogens with one attached hydrogen (secondary N) is 2. The van der Waals surface area contributed by atoms with E-state index in [2.05, 4.69) is 84.2 Å². The van der Waals surface area contributed by atoms with E-state index in [0.29, 0.717) is 17.8 Å². The smallest absolute Gasteiger partial charge is 0.211 e. The first-order valence-corrected chi connectivity index (χ1v) is 11.5. The minimum atomic E-state index is 0.165. The molecule has 0 unspecified atom stereocenters. The summed E-state index contributed by atoms with van der Waals surface area (Å²) < 4.78 is 2.07. The van der Waals surface area contributed by atoms with Crippen molar-refractivity contribution in [1.29, 1.82) is 0 Å². The summed E-state index contributed by atoms with van der Waals surface area (Å²) in [6.45, 7) is 7.34. The van der Waals surface area contributed by atoms with Crippen molar-refractivity contribution in [2.45, 2.75) is 45.3 Å². The van der Waals surface area contributed by atoms with Crippen LogP contribution in [0.15, 0.2) is 55.2 Å². The van der Waals surface area contributed by atoms with E-state index in [9.17, 15) is 0 Å². The van der Waals surface area contributed by atoms with Crippen molar-refractivity contribution in [3.8, 4) is 0 Å². The Balaban J connectivity index is 1.32. The molecule has 0 aliphatic carbocycles. The lowest BCUT2D eigenvalue weighted by atomic mass is 10.0. The zero-order chi connectivity index (χ0) is 22.6. The van der Waals surface area contributed by atoms with E-state index in [1.54, 1.807) is 24.9 Å². The van der Waals surface area contributed by atoms with E-state index < -0.39 is 0 Å². The predicted octanol–water partition coefficient (Wildman–Crippen LogP) is 4.02. The first-order valence-electron chi connectivity index (χ1n) is 11.5. The van der Waals surface area contributed by atoms with Gasteiger partial charge in [-0.1, -0.05) is 30.3 Å². The van der Waals surface area contributed by atoms with Gasteiger partial charge in [0.25, 0.3) is 0 Å². The van der Waals surface area contributed by atoms with Crippen LogP contribution in [-0.4, -0.2) is 53.5 Å². The second kappa shape index (κ2) is 9.50. The zero-order valence-electron chi connectivity index (χ0n) is 19.0. The molecule has 1 aliphatic heterocycles. The third-order valence-corrected chi connectivity index (χ3v) is 5.97. The Labute approximate surface area is 193 Å². The highest BCUT2D eigenvalue weighted by Crippen LogP contribution is 2.29. The molecule has 9 heteroatoms. The number of fused-ring (bicyclic) bond motifs is 1. The maximum absolute atomic E-state index is 4.85. The van der Waals surface area contributed by atoms with Crippen molar-refractivity contribution in [1.82, 2.24) is 34.4 Å². The molecule has 0 radical (unpaired) electrons. The number of anilines is 3. The van der Waals surface area contributed by atoms with Crippen LogP contribution in [0.4, 0.5) is 17.6 Å². The lowest BCUT2D eigenvalue weighted by Gasteiger charge is -2.32. The summed E-state index contributed by atoms with van der Waals surface area (Å²) in [6.07, 6.45) is 8.72. The molecule has 4 heterocycles. The molecular weight excluding hydrogens is 414 g/mol. The minimum Gasteiger partial charge on any atom is -0.365 e. The highest BCUT2D eigenvalue weighted by Gasteiger charge is 2.23. The molecule has 5 rings (SSSR count). The van der Waals surface area contributed by atoms with E-state index >= 15 is 0 Å². The van der Waals surface area contributed by atoms with Gasteiger partial charge in [0.05, 0.1) is 6.20 Å². The monoisotopic (exact) mass is 443 g/mol. The molecule has 2 N–H and O–H groups in total. The van der Waals surface area contributed by atoms with Gasteiger partial charge in [-0.05, 0) is 32.3 Å². The molecule has 4 aromatic rings. The molecule has 3 aromatic heterocycles. The Morgan fingerprint density at radius 3 is 2.58 bits per heavy atom. The molecule has 0 saturated carbocycles. The molecule has 33 heavy (non-hydrogen) atoms. The summed E-state index contributed by atoms with van der Waals surface area (Å²) in [5.74, 6) is 2.10. The lowest BCUT2D eigenvalue weighted by molar-refractivity contribution is 0.211. The fraction of sp³-hybridized carbons (Fsp3) is 0.375. The summed E-state index contributed by atoms with van der Waals surface area (Å²) in [5, 5.41) is 6.92. The second-order valence-electron chi connectivity index (χ2n) is 8.69. The summed E-state index contributed by atoms with van der Waals surface area (Å²) in [4.78, 5) is 24.9. The van der Waals surface area contributed by atoms with Crippen LogP contribution >= 0.6 is 0 Å². The predicted molar refractivity (Wildman–Crippen MR) is 129 cm³/mol. The number of hydrogen-bond donors (Lipinski definition) is 2. The number of piperidine rings is 1. The van der Waals surface area contributed by atoms with E-state index in [0.717, 1.165) is 49.5 Å². The highest BCUT2D eigenvalue weighted by molar-refractivity contribution is 5.86. The molecule has 1 saturated heterocycles. The van der Waals surface area contributed by atoms with Gasteiger partial charge in [-0.25, -0.2) is 19.9 Å². The van der Waals surface area contributed by atoms with Gasteiger partial charge >= 0.3 is 0 Å². The Kier molecular flexibility index (Phi) is 6.12. The Morgan fingerprint density at radius 1 is 1.03 bits per heavy atom. The van der Waals surface area contributed by atoms with Crippen LogP contribution in [-0.2, 0) is 6.54 Å². The zero-order valence-corrected chi connectivity index (χ0v) is 19.0. The molecule has 1 aromatic carbocycles. The lowest BCUT2D eigenvalue weighted by Crippen LogP contribution is -2.38. The number of hydrogen-bond acceptors (Lipinski definition) is 8. The first kappa shape index (κ1) is 21.3. The third kappa shape index (κ3) is 4.78. The largest absolute Gasteiger partial charge is 0.365 e. The average molecular weight is 444 g/mol. The second-order valence-corrected chi connectivity index (χ2v) is 8.69. The molecule has 0 amide bonds. The van der Waals surface area contributed by atoms with Gasteiger partial charge in [0.15, 0.2) is 22.8 Å². The molecule has 0 spiro atoms. The van der Waals surface area contributed by atoms with Crippen molar-refractivity contribution < 1.29 is 0 Å². The fourth-order valence-corrected chi connectivity index (χ4v) is 4.34. The van der Waals surface area contributed by atoms with Gasteiger partial charge in [0, 0.05) is 44.1 Å². The minimum absolute atomic E-state index is 0.165. The topological polar surface area (TPSA) is 96.7 Å². The van der Waals surface area contributed by atoms with Gasteiger partial charge < -0.3 is 10.6 Å². The third-order valence-electron chi connectivity index (χ3n) is 5.97. The number of benzene rings is 1. The van der Waals surface area contributed by atoms with Gasteiger partial charge in [0.1, 0.15) is 6.33 Å². The van der Waals surface area contributed by atoms with Crippen LogP contribution in [0.25, 0.3) is 11.2 Å². The Morgan fingerprint density at radius 2 is 1.85 bits per heavy atom. The van der Waals surface area contributed by atoms with Crippen molar-refractivity contribution in [2.24, 2.45) is 0 Å². The molecule has 0 atom stereocenters. The number of nitrogens with zero attached hydrogens (tertiary/aromatic N) is 7. The maximum atomic E-state index is 4.85. The molecule has 0 bridgehead atoms. The average Bonchev–Trinajstić information content (AvgIpc) is 3.21. The van der Waals surface area contributed by atoms with Gasteiger partial charge in [-0.15, -0.1) is 0 Å². The normalized spacial score (nSPS) is 15.2. The van der Waals surface area contributed by atoms with Crippen LogP contribution in [0.2, 0.25) is 0 Å². The van der Waals surface area contributed by atoms with Crippen LogP contribution in [0, 0.1) is 0 Å². The van der Waals surface area contributed by atoms with Crippen molar-refractivity contribution in [3.63, 3.8) is 0 Å². The van der Waals surface area contributed by atoms with Gasteiger partial charge in [0.2, 0.25) is 5.95 Å². The van der Waals surface area contributed by atoms with Gasteiger partial charge in [-0.2, -0.15) is 0 Å². The summed E-state index contributed by atoms with van der Waals surface area (Å²) in [6, 6.07) is 11.2. The van der Waals surface area contributed by atoms with Gasteiger partial charge in [-0.3, -0.25) is 14.5 Å². The summed E-state index contributed by atoms with van der Waals surface area (Å²) in [5.41, 5.74) is 2.93. The van der Waals surface area contributed by atoms with E-state index in [4.69, 9.17) is 4.98 Å². The fourth-order valence-electron chi connectivity index (χ4n) is 4.34. The molecule has 170 valence electrons. The van der Waals surface area contributed by atoms with E-state index in [1.165, 1.54) is 5.56 Å². The van der Waals surface area contributed by atoms with E-state index in [1.807, 2.05) is 0 Å². The highest BCUT2D eigenvalue weighted by atomic mass is 15.3. The van der Waals surface area contributed by atoms with Crippen LogP contribution in [0.3, 0.4) is 0 Å². The Bertz CT molecular complexity index is 1180. The van der Waals surface area contributed by atoms with Crippen LogP contribution < -0.4 is 10.6 Å². The number of imidazole rings is 1. The molecule has 1 fully saturated rings. The molecule has 1 aliphatic rings. The standard InChI is InChI=1S/C24H29N9/c1-17(2)33-23-21(31-24(33)30-20-14-25-10-11-26-20)22(27-16-28-23)29-19-8-12-32(13-9-19)15-18-6-4-3-5-7-18/h3-7,10-11,14,16-17,19H,8-9,12-13,15H2,1-2H3,(H,26,30,31)(H,27,28,29). The number of aromatic nitrogens is 6. The van der Waals surface area contributed by atoms with Crippen molar-refractivity contribution in [2.75, 3.05) is 23.7 Å². The summed E-state index contributed by atoms with van der Waals surface area (Å²) in [7, 11) is 0. The number of likely N-dealkylation sites (tertiary alicyclic amines) is 1. The van der Waals surface area contributed by atoms with Crippen LogP contribution in [0.1, 0.15) is 38.3 Å². The number of rotatable bonds is 7.